The summed E-state index contributed by atoms with van der Waals surface area (Å²) in [5.74, 6) is -1.75. The number of benzene rings is 3. The van der Waals surface area contributed by atoms with Gasteiger partial charge in [-0.15, -0.1) is 0 Å². The Morgan fingerprint density at radius 1 is 1.06 bits per heavy atom. The van der Waals surface area contributed by atoms with Crippen LogP contribution in [0.2, 0.25) is 5.02 Å². The summed E-state index contributed by atoms with van der Waals surface area (Å²) in [7, 11) is 0. The molecule has 7 heteroatoms. The number of aliphatic hydroxyl groups is 1. The van der Waals surface area contributed by atoms with E-state index in [2.05, 4.69) is 0 Å². The van der Waals surface area contributed by atoms with Crippen LogP contribution in [0.25, 0.3) is 5.76 Å². The van der Waals surface area contributed by atoms with Gasteiger partial charge in [0, 0.05) is 16.3 Å². The number of Topliss-reactive ketones (excluding diaryl/α,β-unsaturated/α-hetero) is 1. The highest BCUT2D eigenvalue weighted by atomic mass is 35.5. The molecular weight excluding hydrogens is 445 g/mol. The van der Waals surface area contributed by atoms with Gasteiger partial charge in [-0.25, -0.2) is 4.39 Å². The molecule has 1 aliphatic heterocycles. The Bertz CT molecular complexity index is 1250. The van der Waals surface area contributed by atoms with E-state index >= 15 is 0 Å². The molecule has 1 amide bonds. The van der Waals surface area contributed by atoms with E-state index < -0.39 is 23.5 Å². The Hall–Kier alpha value is -3.64. The Kier molecular flexibility index (Phi) is 6.20. The lowest BCUT2D eigenvalue weighted by atomic mass is 9.94. The molecule has 33 heavy (non-hydrogen) atoms. The quantitative estimate of drug-likeness (QED) is 0.293. The second kappa shape index (κ2) is 9.08. The van der Waals surface area contributed by atoms with Crippen LogP contribution in [0.4, 0.5) is 10.1 Å². The molecule has 168 valence electrons. The van der Waals surface area contributed by atoms with Gasteiger partial charge in [-0.05, 0) is 79.6 Å². The summed E-state index contributed by atoms with van der Waals surface area (Å²) in [6, 6.07) is 16.0. The maximum Gasteiger partial charge on any atom is 0.300 e. The number of hydrogen-bond acceptors (Lipinski definition) is 4. The average Bonchev–Trinajstić information content (AvgIpc) is 3.06. The second-order valence-corrected chi connectivity index (χ2v) is 8.05. The molecule has 0 radical (unpaired) electrons. The SMILES string of the molecule is CCOc1ccc(/C(O)=C2/C(=O)C(=O)N(c3ccc(F)cc3)C2c2ccc(Cl)cc2)cc1C. The van der Waals surface area contributed by atoms with Crippen molar-refractivity contribution in [1.82, 2.24) is 0 Å². The highest BCUT2D eigenvalue weighted by molar-refractivity contribution is 6.51. The maximum atomic E-state index is 13.5. The van der Waals surface area contributed by atoms with Crippen LogP contribution in [0.3, 0.4) is 0 Å². The fourth-order valence-electron chi connectivity index (χ4n) is 3.93. The monoisotopic (exact) mass is 465 g/mol. The van der Waals surface area contributed by atoms with Crippen LogP contribution < -0.4 is 9.64 Å². The molecule has 1 heterocycles. The van der Waals surface area contributed by atoms with Gasteiger partial charge in [0.15, 0.2) is 0 Å². The van der Waals surface area contributed by atoms with Gasteiger partial charge in [0.1, 0.15) is 17.3 Å². The van der Waals surface area contributed by atoms with Crippen molar-refractivity contribution in [3.8, 4) is 5.75 Å². The smallest absolute Gasteiger partial charge is 0.300 e. The van der Waals surface area contributed by atoms with Crippen LogP contribution >= 0.6 is 11.6 Å². The molecule has 0 spiro atoms. The van der Waals surface area contributed by atoms with Crippen molar-refractivity contribution in [3.63, 3.8) is 0 Å². The van der Waals surface area contributed by atoms with Crippen molar-refractivity contribution in [2.24, 2.45) is 0 Å². The van der Waals surface area contributed by atoms with E-state index in [0.29, 0.717) is 34.2 Å². The van der Waals surface area contributed by atoms with Crippen LogP contribution in [-0.2, 0) is 9.59 Å². The minimum Gasteiger partial charge on any atom is -0.507 e. The third-order valence-corrected chi connectivity index (χ3v) is 5.74. The lowest BCUT2D eigenvalue weighted by Crippen LogP contribution is -2.29. The number of hydrogen-bond donors (Lipinski definition) is 1. The van der Waals surface area contributed by atoms with Crippen molar-refractivity contribution in [1.29, 1.82) is 0 Å². The maximum absolute atomic E-state index is 13.5. The van der Waals surface area contributed by atoms with Crippen LogP contribution in [0, 0.1) is 12.7 Å². The highest BCUT2D eigenvalue weighted by Crippen LogP contribution is 2.42. The molecule has 1 unspecified atom stereocenters. The van der Waals surface area contributed by atoms with Gasteiger partial charge in [0.25, 0.3) is 11.7 Å². The Balaban J connectivity index is 1.90. The number of carbonyl (C=O) groups is 2. The van der Waals surface area contributed by atoms with Gasteiger partial charge < -0.3 is 9.84 Å². The summed E-state index contributed by atoms with van der Waals surface area (Å²) in [6.07, 6.45) is 0. The summed E-state index contributed by atoms with van der Waals surface area (Å²) in [5.41, 5.74) is 2.01. The van der Waals surface area contributed by atoms with Crippen LogP contribution in [-0.4, -0.2) is 23.4 Å². The van der Waals surface area contributed by atoms with Gasteiger partial charge in [-0.3, -0.25) is 14.5 Å². The first kappa shape index (κ1) is 22.6. The molecule has 1 fully saturated rings. The number of amides is 1. The number of nitrogens with zero attached hydrogens (tertiary/aromatic N) is 1. The summed E-state index contributed by atoms with van der Waals surface area (Å²) in [5, 5.41) is 11.7. The minimum absolute atomic E-state index is 0.0600. The summed E-state index contributed by atoms with van der Waals surface area (Å²) in [4.78, 5) is 27.5. The second-order valence-electron chi connectivity index (χ2n) is 7.61. The molecule has 5 nitrogen and oxygen atoms in total. The molecule has 4 rings (SSSR count). The fraction of sp³-hybridized carbons (Fsp3) is 0.154. The van der Waals surface area contributed by atoms with Gasteiger partial charge in [0.2, 0.25) is 0 Å². The molecule has 3 aromatic carbocycles. The van der Waals surface area contributed by atoms with Gasteiger partial charge in [0.05, 0.1) is 18.2 Å². The van der Waals surface area contributed by atoms with E-state index in [1.807, 2.05) is 13.8 Å². The van der Waals surface area contributed by atoms with E-state index in [1.54, 1.807) is 42.5 Å². The number of aryl methyl sites for hydroxylation is 1. The number of ether oxygens (including phenoxy) is 1. The van der Waals surface area contributed by atoms with E-state index in [4.69, 9.17) is 16.3 Å². The Morgan fingerprint density at radius 3 is 2.33 bits per heavy atom. The average molecular weight is 466 g/mol. The number of carbonyl (C=O) groups excluding carboxylic acids is 2. The predicted molar refractivity (Wildman–Crippen MR) is 125 cm³/mol. The molecule has 0 aliphatic carbocycles. The number of anilines is 1. The first-order valence-electron chi connectivity index (χ1n) is 10.4. The Labute approximate surface area is 195 Å². The van der Waals surface area contributed by atoms with E-state index in [1.165, 1.54) is 29.2 Å². The normalized spacial score (nSPS) is 17.5. The zero-order valence-corrected chi connectivity index (χ0v) is 18.8. The van der Waals surface area contributed by atoms with Crippen molar-refractivity contribution < 1.29 is 23.8 Å². The molecule has 1 N–H and O–H groups in total. The van der Waals surface area contributed by atoms with Gasteiger partial charge in [-0.2, -0.15) is 0 Å². The molecule has 1 atom stereocenters. The summed E-state index contributed by atoms with van der Waals surface area (Å²) >= 11 is 6.04. The first-order valence-corrected chi connectivity index (χ1v) is 10.8. The molecular formula is C26H21ClFNO4. The van der Waals surface area contributed by atoms with Crippen LogP contribution in [0.1, 0.15) is 29.7 Å². The van der Waals surface area contributed by atoms with Crippen LogP contribution in [0.15, 0.2) is 72.3 Å². The molecule has 0 saturated carbocycles. The fourth-order valence-corrected chi connectivity index (χ4v) is 4.06. The number of aliphatic hydroxyl groups excluding tert-OH is 1. The van der Waals surface area contributed by atoms with Crippen molar-refractivity contribution in [2.75, 3.05) is 11.5 Å². The molecule has 1 aliphatic rings. The topological polar surface area (TPSA) is 66.8 Å². The van der Waals surface area contributed by atoms with E-state index in [0.717, 1.165) is 5.56 Å². The molecule has 3 aromatic rings. The Morgan fingerprint density at radius 2 is 1.73 bits per heavy atom. The van der Waals surface area contributed by atoms with E-state index in [9.17, 15) is 19.1 Å². The van der Waals surface area contributed by atoms with Crippen molar-refractivity contribution in [3.05, 3.63) is 99.8 Å². The third kappa shape index (κ3) is 4.22. The zero-order valence-electron chi connectivity index (χ0n) is 18.0. The number of ketones is 1. The standard InChI is InChI=1S/C26H21ClFNO4/c1-3-33-21-13-6-17(14-15(21)2)24(30)22-23(16-4-7-18(27)8-5-16)29(26(32)25(22)31)20-11-9-19(28)10-12-20/h4-14,23,30H,3H2,1-2H3/b24-22-. The van der Waals surface area contributed by atoms with Gasteiger partial charge in [-0.1, -0.05) is 23.7 Å². The largest absolute Gasteiger partial charge is 0.507 e. The van der Waals surface area contributed by atoms with E-state index in [-0.39, 0.29) is 11.3 Å². The highest BCUT2D eigenvalue weighted by Gasteiger charge is 2.47. The molecule has 1 saturated heterocycles. The first-order chi connectivity index (χ1) is 15.8. The zero-order chi connectivity index (χ0) is 23.7. The van der Waals surface area contributed by atoms with Crippen molar-refractivity contribution in [2.45, 2.75) is 19.9 Å². The predicted octanol–water partition coefficient (Wildman–Crippen LogP) is 5.81. The lowest BCUT2D eigenvalue weighted by Gasteiger charge is -2.25. The summed E-state index contributed by atoms with van der Waals surface area (Å²) in [6.45, 7) is 4.19. The molecule has 0 aromatic heterocycles. The third-order valence-electron chi connectivity index (χ3n) is 5.48. The number of halogens is 2. The lowest BCUT2D eigenvalue weighted by molar-refractivity contribution is -0.132. The number of rotatable bonds is 5. The summed E-state index contributed by atoms with van der Waals surface area (Å²) < 4.78 is 19.1. The van der Waals surface area contributed by atoms with Crippen LogP contribution in [0.5, 0.6) is 5.75 Å². The minimum atomic E-state index is -0.917. The van der Waals surface area contributed by atoms with Crippen molar-refractivity contribution >= 4 is 34.7 Å². The van der Waals surface area contributed by atoms with Gasteiger partial charge >= 0.3 is 0 Å². The molecule has 0 bridgehead atoms.